The summed E-state index contributed by atoms with van der Waals surface area (Å²) in [5.41, 5.74) is 0.470. The van der Waals surface area contributed by atoms with Crippen LogP contribution >= 0.6 is 0 Å². The number of carbonyl (C=O) groups is 1. The second-order valence-electron chi connectivity index (χ2n) is 5.23. The highest BCUT2D eigenvalue weighted by Gasteiger charge is 2.34. The molecule has 1 heterocycles. The second kappa shape index (κ2) is 5.16. The normalized spacial score (nSPS) is 15.7. The number of carboxylic acid groups (broad SMARTS) is 1. The minimum Gasteiger partial charge on any atom is -0.480 e. The Labute approximate surface area is 122 Å². The van der Waals surface area contributed by atoms with Gasteiger partial charge in [-0.2, -0.15) is 4.31 Å². The number of aliphatic carboxylic acids is 1. The van der Waals surface area contributed by atoms with Gasteiger partial charge in [-0.25, -0.2) is 8.42 Å². The first kappa shape index (κ1) is 14.1. The number of sulfonamides is 1. The lowest BCUT2D eigenvalue weighted by molar-refractivity contribution is -0.137. The number of para-hydroxylation sites is 1. The van der Waals surface area contributed by atoms with Crippen LogP contribution in [0.2, 0.25) is 0 Å². The largest absolute Gasteiger partial charge is 0.480 e. The minimum atomic E-state index is -3.88. The fourth-order valence-electron chi connectivity index (χ4n) is 2.28. The Balaban J connectivity index is 2.01. The van der Waals surface area contributed by atoms with E-state index >= 15 is 0 Å². The van der Waals surface area contributed by atoms with Crippen LogP contribution < -0.4 is 0 Å². The molecular formula is C14H15NO5S. The molecule has 0 radical (unpaired) electrons. The lowest BCUT2D eigenvalue weighted by Gasteiger charge is -2.19. The van der Waals surface area contributed by atoms with Crippen LogP contribution in [0, 0.1) is 5.92 Å². The molecule has 1 aromatic heterocycles. The molecule has 21 heavy (non-hydrogen) atoms. The number of benzene rings is 1. The number of furan rings is 1. The molecule has 0 bridgehead atoms. The van der Waals surface area contributed by atoms with E-state index in [4.69, 9.17) is 9.52 Å². The Morgan fingerprint density at radius 3 is 2.71 bits per heavy atom. The van der Waals surface area contributed by atoms with Crippen molar-refractivity contribution in [3.63, 3.8) is 0 Å². The highest BCUT2D eigenvalue weighted by molar-refractivity contribution is 7.89. The van der Waals surface area contributed by atoms with E-state index in [-0.39, 0.29) is 17.4 Å². The highest BCUT2D eigenvalue weighted by Crippen LogP contribution is 2.33. The van der Waals surface area contributed by atoms with Gasteiger partial charge in [0.25, 0.3) is 0 Å². The van der Waals surface area contributed by atoms with Crippen molar-refractivity contribution >= 4 is 27.0 Å². The summed E-state index contributed by atoms with van der Waals surface area (Å²) in [4.78, 5) is 11.0. The van der Waals surface area contributed by atoms with Gasteiger partial charge >= 0.3 is 5.97 Å². The molecule has 0 unspecified atom stereocenters. The van der Waals surface area contributed by atoms with Gasteiger partial charge in [-0.1, -0.05) is 12.1 Å². The average Bonchev–Trinajstić information content (AvgIpc) is 3.13. The molecule has 0 spiro atoms. The Hall–Kier alpha value is -1.86. The molecule has 0 amide bonds. The van der Waals surface area contributed by atoms with Crippen molar-refractivity contribution in [2.24, 2.45) is 5.92 Å². The van der Waals surface area contributed by atoms with Gasteiger partial charge < -0.3 is 9.52 Å². The lowest BCUT2D eigenvalue weighted by atomic mass is 10.3. The first-order chi connectivity index (χ1) is 9.98. The Kier molecular flexibility index (Phi) is 3.46. The second-order valence-corrected chi connectivity index (χ2v) is 7.14. The van der Waals surface area contributed by atoms with Crippen molar-refractivity contribution < 1.29 is 22.7 Å². The van der Waals surface area contributed by atoms with Crippen molar-refractivity contribution in [2.45, 2.75) is 17.7 Å². The molecule has 0 aliphatic heterocycles. The molecular weight excluding hydrogens is 294 g/mol. The van der Waals surface area contributed by atoms with Gasteiger partial charge in [0.2, 0.25) is 10.0 Å². The van der Waals surface area contributed by atoms with Gasteiger partial charge in [-0.05, 0) is 30.9 Å². The van der Waals surface area contributed by atoms with Crippen LogP contribution in [-0.4, -0.2) is 36.9 Å². The molecule has 0 saturated heterocycles. The van der Waals surface area contributed by atoms with Crippen molar-refractivity contribution in [1.82, 2.24) is 4.31 Å². The average molecular weight is 309 g/mol. The number of carboxylic acids is 1. The van der Waals surface area contributed by atoms with Gasteiger partial charge in [0, 0.05) is 11.9 Å². The first-order valence-corrected chi connectivity index (χ1v) is 8.10. The van der Waals surface area contributed by atoms with Crippen LogP contribution in [-0.2, 0) is 14.8 Å². The molecule has 6 nitrogen and oxygen atoms in total. The summed E-state index contributed by atoms with van der Waals surface area (Å²) in [6.07, 6.45) is 3.07. The van der Waals surface area contributed by atoms with Gasteiger partial charge in [0.15, 0.2) is 0 Å². The van der Waals surface area contributed by atoms with E-state index in [2.05, 4.69) is 0 Å². The number of fused-ring (bicyclic) bond motifs is 1. The van der Waals surface area contributed by atoms with Crippen LogP contribution in [0.5, 0.6) is 0 Å². The van der Waals surface area contributed by atoms with Gasteiger partial charge in [-0.3, -0.25) is 4.79 Å². The van der Waals surface area contributed by atoms with E-state index < -0.39 is 22.5 Å². The summed E-state index contributed by atoms with van der Waals surface area (Å²) in [6, 6.07) is 6.80. The molecule has 1 N–H and O–H groups in total. The van der Waals surface area contributed by atoms with Crippen LogP contribution in [0.25, 0.3) is 11.0 Å². The quantitative estimate of drug-likeness (QED) is 0.880. The predicted molar refractivity (Wildman–Crippen MR) is 75.3 cm³/mol. The summed E-state index contributed by atoms with van der Waals surface area (Å²) >= 11 is 0. The summed E-state index contributed by atoms with van der Waals surface area (Å²) in [5.74, 6) is -0.899. The Morgan fingerprint density at radius 1 is 1.33 bits per heavy atom. The van der Waals surface area contributed by atoms with Crippen LogP contribution in [0.15, 0.2) is 39.8 Å². The van der Waals surface area contributed by atoms with Crippen LogP contribution in [0.3, 0.4) is 0 Å². The van der Waals surface area contributed by atoms with Gasteiger partial charge in [-0.15, -0.1) is 0 Å². The molecule has 3 rings (SSSR count). The summed E-state index contributed by atoms with van der Waals surface area (Å²) in [7, 11) is -3.88. The van der Waals surface area contributed by atoms with E-state index in [9.17, 15) is 13.2 Å². The van der Waals surface area contributed by atoms with Crippen LogP contribution in [0.1, 0.15) is 12.8 Å². The molecule has 1 aliphatic rings. The first-order valence-electron chi connectivity index (χ1n) is 6.66. The van der Waals surface area contributed by atoms with E-state index in [1.807, 2.05) is 0 Å². The maximum absolute atomic E-state index is 12.7. The number of hydrogen-bond donors (Lipinski definition) is 1. The minimum absolute atomic E-state index is 0.0278. The monoisotopic (exact) mass is 309 g/mol. The van der Waals surface area contributed by atoms with Gasteiger partial charge in [0.05, 0.1) is 0 Å². The zero-order valence-electron chi connectivity index (χ0n) is 11.2. The van der Waals surface area contributed by atoms with Crippen molar-refractivity contribution in [2.75, 3.05) is 13.1 Å². The smallest absolute Gasteiger partial charge is 0.318 e. The topological polar surface area (TPSA) is 87.8 Å². The Morgan fingerprint density at radius 2 is 2.05 bits per heavy atom. The molecule has 1 saturated carbocycles. The number of hydrogen-bond acceptors (Lipinski definition) is 4. The van der Waals surface area contributed by atoms with Crippen molar-refractivity contribution in [1.29, 1.82) is 0 Å². The van der Waals surface area contributed by atoms with Crippen molar-refractivity contribution in [3.05, 3.63) is 30.5 Å². The molecule has 0 atom stereocenters. The number of nitrogens with zero attached hydrogens (tertiary/aromatic N) is 1. The van der Waals surface area contributed by atoms with E-state index in [0.29, 0.717) is 11.0 Å². The van der Waals surface area contributed by atoms with E-state index in [1.54, 1.807) is 24.3 Å². The third-order valence-corrected chi connectivity index (χ3v) is 5.36. The lowest BCUT2D eigenvalue weighted by Crippen LogP contribution is -2.37. The Bertz CT molecular complexity index is 776. The van der Waals surface area contributed by atoms with Crippen molar-refractivity contribution in [3.8, 4) is 0 Å². The fraction of sp³-hybridized carbons (Fsp3) is 0.357. The highest BCUT2D eigenvalue weighted by atomic mass is 32.2. The number of rotatable bonds is 6. The zero-order valence-corrected chi connectivity index (χ0v) is 12.0. The maximum atomic E-state index is 12.7. The predicted octanol–water partition coefficient (Wildman–Crippen LogP) is 1.92. The summed E-state index contributed by atoms with van der Waals surface area (Å²) in [5, 5.41) is 9.44. The third-order valence-electron chi connectivity index (χ3n) is 3.53. The molecule has 1 aliphatic carbocycles. The zero-order chi connectivity index (χ0) is 15.0. The third kappa shape index (κ3) is 2.79. The molecule has 2 aromatic rings. The maximum Gasteiger partial charge on any atom is 0.318 e. The fourth-order valence-corrected chi connectivity index (χ4v) is 3.86. The molecule has 1 aromatic carbocycles. The summed E-state index contributed by atoms with van der Waals surface area (Å²) < 4.78 is 31.7. The molecule has 1 fully saturated rings. The van der Waals surface area contributed by atoms with Gasteiger partial charge in [0.1, 0.15) is 23.3 Å². The SMILES string of the molecule is O=C(O)CN(CC1CC1)S(=O)(=O)c1coc2ccccc12. The van der Waals surface area contributed by atoms with E-state index in [1.165, 1.54) is 6.26 Å². The summed E-state index contributed by atoms with van der Waals surface area (Å²) in [6.45, 7) is -0.285. The van der Waals surface area contributed by atoms with Crippen LogP contribution in [0.4, 0.5) is 0 Å². The standard InChI is InChI=1S/C14H15NO5S/c16-14(17)8-15(7-10-5-6-10)21(18,19)13-9-20-12-4-2-1-3-11(12)13/h1-4,9-10H,5-8H2,(H,16,17). The molecule has 7 heteroatoms. The van der Waals surface area contributed by atoms with E-state index in [0.717, 1.165) is 17.1 Å². The molecule has 112 valence electrons.